The number of aryl methyl sites for hydroxylation is 1. The zero-order chi connectivity index (χ0) is 11.5. The number of hydrogen-bond acceptors (Lipinski definition) is 3. The normalized spacial score (nSPS) is 27.2. The number of rotatable bonds is 3. The fraction of sp³-hybridized carbons (Fsp3) is 0.750. The molecule has 1 aliphatic heterocycles. The van der Waals surface area contributed by atoms with E-state index in [1.54, 1.807) is 0 Å². The second-order valence-electron chi connectivity index (χ2n) is 4.78. The predicted molar refractivity (Wildman–Crippen MR) is 65.2 cm³/mol. The standard InChI is InChI=1S/C12H22N4/c1-10-8-11(13-2)4-6-16(10)9-12-14-5-7-15(12)3/h5,7,10-11,13H,4,6,8-9H2,1-3H3. The molecule has 1 aliphatic rings. The summed E-state index contributed by atoms with van der Waals surface area (Å²) in [6.07, 6.45) is 6.37. The lowest BCUT2D eigenvalue weighted by atomic mass is 9.98. The summed E-state index contributed by atoms with van der Waals surface area (Å²) in [6, 6.07) is 1.33. The van der Waals surface area contributed by atoms with E-state index in [0.29, 0.717) is 12.1 Å². The summed E-state index contributed by atoms with van der Waals surface area (Å²) >= 11 is 0. The van der Waals surface area contributed by atoms with Crippen molar-refractivity contribution in [3.63, 3.8) is 0 Å². The molecule has 1 aromatic rings. The summed E-state index contributed by atoms with van der Waals surface area (Å²) in [5.74, 6) is 1.16. The second-order valence-corrected chi connectivity index (χ2v) is 4.78. The lowest BCUT2D eigenvalue weighted by Crippen LogP contribution is -2.46. The summed E-state index contributed by atoms with van der Waals surface area (Å²) in [5, 5.41) is 3.38. The van der Waals surface area contributed by atoms with Crippen LogP contribution in [0.2, 0.25) is 0 Å². The van der Waals surface area contributed by atoms with Crippen molar-refractivity contribution in [2.24, 2.45) is 7.05 Å². The molecule has 0 amide bonds. The van der Waals surface area contributed by atoms with Gasteiger partial charge >= 0.3 is 0 Å². The SMILES string of the molecule is CNC1CCN(Cc2nccn2C)C(C)C1. The molecule has 2 heterocycles. The van der Waals surface area contributed by atoms with Gasteiger partial charge in [-0.1, -0.05) is 0 Å². The first-order valence-electron chi connectivity index (χ1n) is 6.08. The Labute approximate surface area is 97.7 Å². The molecule has 2 rings (SSSR count). The molecule has 2 unspecified atom stereocenters. The molecular formula is C12H22N4. The molecule has 4 nitrogen and oxygen atoms in total. The van der Waals surface area contributed by atoms with Crippen molar-refractivity contribution in [3.05, 3.63) is 18.2 Å². The van der Waals surface area contributed by atoms with Crippen LogP contribution in [0.4, 0.5) is 0 Å². The van der Waals surface area contributed by atoms with Crippen molar-refractivity contribution in [1.82, 2.24) is 19.8 Å². The number of imidazole rings is 1. The maximum Gasteiger partial charge on any atom is 0.122 e. The van der Waals surface area contributed by atoms with E-state index in [1.807, 2.05) is 12.4 Å². The smallest absolute Gasteiger partial charge is 0.122 e. The Balaban J connectivity index is 1.94. The fourth-order valence-electron chi connectivity index (χ4n) is 2.45. The highest BCUT2D eigenvalue weighted by Crippen LogP contribution is 2.18. The van der Waals surface area contributed by atoms with E-state index in [9.17, 15) is 0 Å². The van der Waals surface area contributed by atoms with Crippen molar-refractivity contribution in [1.29, 1.82) is 0 Å². The summed E-state index contributed by atoms with van der Waals surface area (Å²) in [4.78, 5) is 6.91. The number of nitrogens with one attached hydrogen (secondary N) is 1. The molecular weight excluding hydrogens is 200 g/mol. The van der Waals surface area contributed by atoms with E-state index >= 15 is 0 Å². The number of aromatic nitrogens is 2. The highest BCUT2D eigenvalue weighted by molar-refractivity contribution is 4.93. The van der Waals surface area contributed by atoms with Crippen molar-refractivity contribution in [2.75, 3.05) is 13.6 Å². The molecule has 1 N–H and O–H groups in total. The average molecular weight is 222 g/mol. The summed E-state index contributed by atoms with van der Waals surface area (Å²) in [5.41, 5.74) is 0. The molecule has 1 aromatic heterocycles. The molecule has 0 aliphatic carbocycles. The van der Waals surface area contributed by atoms with E-state index in [1.165, 1.54) is 19.4 Å². The molecule has 1 fully saturated rings. The molecule has 0 saturated carbocycles. The molecule has 0 spiro atoms. The van der Waals surface area contributed by atoms with Crippen molar-refractivity contribution in [2.45, 2.75) is 38.4 Å². The number of likely N-dealkylation sites (tertiary alicyclic amines) is 1. The Hall–Kier alpha value is -0.870. The summed E-state index contributed by atoms with van der Waals surface area (Å²) < 4.78 is 2.11. The molecule has 1 saturated heterocycles. The van der Waals surface area contributed by atoms with Gasteiger partial charge in [-0.05, 0) is 26.8 Å². The van der Waals surface area contributed by atoms with Gasteiger partial charge in [-0.2, -0.15) is 0 Å². The van der Waals surface area contributed by atoms with Crippen LogP contribution in [-0.4, -0.2) is 40.1 Å². The van der Waals surface area contributed by atoms with Gasteiger partial charge in [0.15, 0.2) is 0 Å². The van der Waals surface area contributed by atoms with Gasteiger partial charge in [-0.15, -0.1) is 0 Å². The number of nitrogens with zero attached hydrogens (tertiary/aromatic N) is 3. The van der Waals surface area contributed by atoms with Crippen molar-refractivity contribution >= 4 is 0 Å². The van der Waals surface area contributed by atoms with Gasteiger partial charge < -0.3 is 9.88 Å². The van der Waals surface area contributed by atoms with Gasteiger partial charge in [0.25, 0.3) is 0 Å². The van der Waals surface area contributed by atoms with Crippen LogP contribution in [0.15, 0.2) is 12.4 Å². The van der Waals surface area contributed by atoms with Crippen LogP contribution in [0.5, 0.6) is 0 Å². The topological polar surface area (TPSA) is 33.1 Å². The van der Waals surface area contributed by atoms with Gasteiger partial charge in [0, 0.05) is 38.1 Å². The molecule has 0 aromatic carbocycles. The van der Waals surface area contributed by atoms with Crippen LogP contribution in [0.25, 0.3) is 0 Å². The maximum atomic E-state index is 4.39. The first-order chi connectivity index (χ1) is 7.70. The third kappa shape index (κ3) is 2.44. The van der Waals surface area contributed by atoms with Crippen LogP contribution in [0, 0.1) is 0 Å². The Bertz CT molecular complexity index is 334. The monoisotopic (exact) mass is 222 g/mol. The number of piperidine rings is 1. The van der Waals surface area contributed by atoms with Crippen LogP contribution in [-0.2, 0) is 13.6 Å². The molecule has 2 atom stereocenters. The molecule has 0 bridgehead atoms. The lowest BCUT2D eigenvalue weighted by Gasteiger charge is -2.37. The van der Waals surface area contributed by atoms with E-state index in [-0.39, 0.29) is 0 Å². The van der Waals surface area contributed by atoms with Crippen LogP contribution >= 0.6 is 0 Å². The van der Waals surface area contributed by atoms with E-state index in [4.69, 9.17) is 0 Å². The molecule has 4 heteroatoms. The average Bonchev–Trinajstić information content (AvgIpc) is 2.67. The van der Waals surface area contributed by atoms with E-state index in [2.05, 4.69) is 40.8 Å². The Morgan fingerprint density at radius 1 is 1.56 bits per heavy atom. The third-order valence-corrected chi connectivity index (χ3v) is 3.69. The van der Waals surface area contributed by atoms with Crippen LogP contribution in [0.3, 0.4) is 0 Å². The van der Waals surface area contributed by atoms with Gasteiger partial charge in [0.1, 0.15) is 5.82 Å². The molecule has 16 heavy (non-hydrogen) atoms. The van der Waals surface area contributed by atoms with E-state index < -0.39 is 0 Å². The Morgan fingerprint density at radius 3 is 2.94 bits per heavy atom. The van der Waals surface area contributed by atoms with Crippen molar-refractivity contribution in [3.8, 4) is 0 Å². The van der Waals surface area contributed by atoms with Crippen LogP contribution in [0.1, 0.15) is 25.6 Å². The number of hydrogen-bond donors (Lipinski definition) is 1. The lowest BCUT2D eigenvalue weighted by molar-refractivity contribution is 0.127. The van der Waals surface area contributed by atoms with Gasteiger partial charge in [0.05, 0.1) is 6.54 Å². The summed E-state index contributed by atoms with van der Waals surface area (Å²) in [6.45, 7) is 4.45. The molecule has 0 radical (unpaired) electrons. The predicted octanol–water partition coefficient (Wildman–Crippen LogP) is 0.992. The minimum atomic E-state index is 0.642. The first-order valence-corrected chi connectivity index (χ1v) is 6.08. The highest BCUT2D eigenvalue weighted by atomic mass is 15.2. The zero-order valence-corrected chi connectivity index (χ0v) is 10.5. The van der Waals surface area contributed by atoms with Crippen molar-refractivity contribution < 1.29 is 0 Å². The van der Waals surface area contributed by atoms with Crippen LogP contribution < -0.4 is 5.32 Å². The largest absolute Gasteiger partial charge is 0.337 e. The minimum Gasteiger partial charge on any atom is -0.337 e. The third-order valence-electron chi connectivity index (χ3n) is 3.69. The Kier molecular flexibility index (Phi) is 3.61. The van der Waals surface area contributed by atoms with Gasteiger partial charge in [-0.25, -0.2) is 4.98 Å². The molecule has 90 valence electrons. The second kappa shape index (κ2) is 4.97. The Morgan fingerprint density at radius 2 is 2.38 bits per heavy atom. The maximum absolute atomic E-state index is 4.39. The highest BCUT2D eigenvalue weighted by Gasteiger charge is 2.24. The zero-order valence-electron chi connectivity index (χ0n) is 10.5. The van der Waals surface area contributed by atoms with E-state index in [0.717, 1.165) is 12.4 Å². The minimum absolute atomic E-state index is 0.642. The first kappa shape index (κ1) is 11.6. The van der Waals surface area contributed by atoms with Gasteiger partial charge in [-0.3, -0.25) is 4.90 Å². The summed E-state index contributed by atoms with van der Waals surface area (Å²) in [7, 11) is 4.12. The quantitative estimate of drug-likeness (QED) is 0.828. The van der Waals surface area contributed by atoms with Gasteiger partial charge in [0.2, 0.25) is 0 Å². The fourth-order valence-corrected chi connectivity index (χ4v) is 2.45.